The molecule has 0 radical (unpaired) electrons. The molecule has 3 unspecified atom stereocenters. The van der Waals surface area contributed by atoms with Crippen molar-refractivity contribution in [3.63, 3.8) is 0 Å². The Kier molecular flexibility index (Phi) is 6.10. The molecule has 4 rings (SSSR count). The van der Waals surface area contributed by atoms with E-state index in [-0.39, 0.29) is 18.6 Å². The number of aliphatic imine (C=N–C) groups is 1. The number of hydrogen-bond acceptors (Lipinski definition) is 3. The van der Waals surface area contributed by atoms with E-state index in [1.54, 1.807) is 5.56 Å². The SMILES string of the molecule is CCC(O)N1CCN=C1C.Cl.c1ccc(C23CCCC2C3)cc1. The molecule has 0 aromatic heterocycles. The normalized spacial score (nSPS) is 28.9. The van der Waals surface area contributed by atoms with Crippen LogP contribution in [-0.2, 0) is 5.41 Å². The van der Waals surface area contributed by atoms with E-state index in [9.17, 15) is 5.11 Å². The smallest absolute Gasteiger partial charge is 0.127 e. The molecule has 0 spiro atoms. The number of nitrogens with zero attached hydrogens (tertiary/aromatic N) is 2. The highest BCUT2D eigenvalue weighted by atomic mass is 35.5. The molecule has 2 fully saturated rings. The van der Waals surface area contributed by atoms with Crippen molar-refractivity contribution in [1.82, 2.24) is 4.90 Å². The van der Waals surface area contributed by atoms with Gasteiger partial charge < -0.3 is 10.0 Å². The zero-order chi connectivity index (χ0) is 15.6. The number of hydrogen-bond donors (Lipinski definition) is 1. The Morgan fingerprint density at radius 1 is 1.35 bits per heavy atom. The van der Waals surface area contributed by atoms with Crippen LogP contribution in [0.3, 0.4) is 0 Å². The number of rotatable bonds is 3. The molecule has 128 valence electrons. The molecular formula is C19H29ClN2O. The lowest BCUT2D eigenvalue weighted by molar-refractivity contribution is 0.0568. The number of benzene rings is 1. The van der Waals surface area contributed by atoms with Gasteiger partial charge in [0.25, 0.3) is 0 Å². The van der Waals surface area contributed by atoms with E-state index < -0.39 is 0 Å². The van der Waals surface area contributed by atoms with Gasteiger partial charge in [-0.15, -0.1) is 12.4 Å². The van der Waals surface area contributed by atoms with E-state index in [0.717, 1.165) is 31.3 Å². The van der Waals surface area contributed by atoms with Gasteiger partial charge in [-0.2, -0.15) is 0 Å². The van der Waals surface area contributed by atoms with Crippen molar-refractivity contribution < 1.29 is 5.11 Å². The molecule has 1 N–H and O–H groups in total. The summed E-state index contributed by atoms with van der Waals surface area (Å²) >= 11 is 0. The summed E-state index contributed by atoms with van der Waals surface area (Å²) in [7, 11) is 0. The quantitative estimate of drug-likeness (QED) is 0.905. The van der Waals surface area contributed by atoms with Gasteiger partial charge >= 0.3 is 0 Å². The van der Waals surface area contributed by atoms with Crippen molar-refractivity contribution in [3.05, 3.63) is 35.9 Å². The standard InChI is InChI=1S/C12H14.C7H14N2O.ClH/c1-2-5-10(6-3-1)12-8-4-7-11(12)9-12;1-3-7(10)9-5-4-8-6(9)2;/h1-3,5-6,11H,4,7-9H2;7,10H,3-5H2,1-2H3;1H. The second-order valence-corrected chi connectivity index (χ2v) is 6.83. The molecule has 2 aliphatic carbocycles. The van der Waals surface area contributed by atoms with Crippen molar-refractivity contribution in [1.29, 1.82) is 0 Å². The Labute approximate surface area is 146 Å². The van der Waals surface area contributed by atoms with Crippen molar-refractivity contribution in [3.8, 4) is 0 Å². The molecule has 3 nitrogen and oxygen atoms in total. The molecule has 4 heteroatoms. The maximum absolute atomic E-state index is 9.37. The molecule has 3 atom stereocenters. The summed E-state index contributed by atoms with van der Waals surface area (Å²) in [6, 6.07) is 11.1. The Hall–Kier alpha value is -1.06. The first-order valence-electron chi connectivity index (χ1n) is 8.68. The molecule has 0 saturated heterocycles. The van der Waals surface area contributed by atoms with Gasteiger partial charge in [-0.1, -0.05) is 43.7 Å². The van der Waals surface area contributed by atoms with Gasteiger partial charge in [0.05, 0.1) is 12.4 Å². The Morgan fingerprint density at radius 2 is 2.09 bits per heavy atom. The molecule has 1 aliphatic heterocycles. The van der Waals surface area contributed by atoms with Crippen molar-refractivity contribution in [2.45, 2.75) is 57.6 Å². The zero-order valence-corrected chi connectivity index (χ0v) is 15.1. The van der Waals surface area contributed by atoms with Gasteiger partial charge in [0.2, 0.25) is 0 Å². The highest BCUT2D eigenvalue weighted by Crippen LogP contribution is 2.64. The third kappa shape index (κ3) is 3.72. The average molecular weight is 337 g/mol. The lowest BCUT2D eigenvalue weighted by atomic mass is 9.94. The number of aliphatic hydroxyl groups is 1. The van der Waals surface area contributed by atoms with E-state index >= 15 is 0 Å². The van der Waals surface area contributed by atoms with E-state index in [1.165, 1.54) is 25.7 Å². The number of aliphatic hydroxyl groups excluding tert-OH is 1. The summed E-state index contributed by atoms with van der Waals surface area (Å²) in [5, 5.41) is 9.37. The van der Waals surface area contributed by atoms with E-state index in [2.05, 4.69) is 35.3 Å². The van der Waals surface area contributed by atoms with Crippen molar-refractivity contribution in [2.75, 3.05) is 13.1 Å². The topological polar surface area (TPSA) is 35.8 Å². The lowest BCUT2D eigenvalue weighted by Crippen LogP contribution is -2.36. The number of fused-ring (bicyclic) bond motifs is 1. The third-order valence-corrected chi connectivity index (χ3v) is 5.58. The van der Waals surface area contributed by atoms with Crippen LogP contribution in [0, 0.1) is 5.92 Å². The van der Waals surface area contributed by atoms with Gasteiger partial charge in [-0.05, 0) is 49.5 Å². The lowest BCUT2D eigenvalue weighted by Gasteiger charge is -2.23. The minimum atomic E-state index is -0.328. The van der Waals surface area contributed by atoms with Crippen LogP contribution in [0.15, 0.2) is 35.3 Å². The predicted octanol–water partition coefficient (Wildman–Crippen LogP) is 4.00. The van der Waals surface area contributed by atoms with Crippen LogP contribution in [0.25, 0.3) is 0 Å². The van der Waals surface area contributed by atoms with Crippen LogP contribution in [0.1, 0.15) is 51.5 Å². The summed E-state index contributed by atoms with van der Waals surface area (Å²) in [6.45, 7) is 5.62. The first kappa shape index (κ1) is 18.3. The first-order chi connectivity index (χ1) is 10.7. The van der Waals surface area contributed by atoms with Gasteiger partial charge in [-0.25, -0.2) is 0 Å². The summed E-state index contributed by atoms with van der Waals surface area (Å²) in [5.74, 6) is 2.01. The second kappa shape index (κ2) is 7.67. The van der Waals surface area contributed by atoms with Crippen LogP contribution in [0.2, 0.25) is 0 Å². The maximum Gasteiger partial charge on any atom is 0.127 e. The van der Waals surface area contributed by atoms with E-state index in [4.69, 9.17) is 0 Å². The molecule has 1 heterocycles. The van der Waals surface area contributed by atoms with Crippen LogP contribution < -0.4 is 0 Å². The summed E-state index contributed by atoms with van der Waals surface area (Å²) in [4.78, 5) is 6.10. The molecular weight excluding hydrogens is 308 g/mol. The number of amidine groups is 1. The molecule has 23 heavy (non-hydrogen) atoms. The van der Waals surface area contributed by atoms with Crippen molar-refractivity contribution >= 4 is 18.2 Å². The zero-order valence-electron chi connectivity index (χ0n) is 14.2. The van der Waals surface area contributed by atoms with Crippen LogP contribution in [0.4, 0.5) is 0 Å². The summed E-state index contributed by atoms with van der Waals surface area (Å²) < 4.78 is 0. The summed E-state index contributed by atoms with van der Waals surface area (Å²) in [5.41, 5.74) is 2.26. The van der Waals surface area contributed by atoms with E-state index in [0.29, 0.717) is 5.41 Å². The third-order valence-electron chi connectivity index (χ3n) is 5.58. The Balaban J connectivity index is 0.000000163. The first-order valence-corrected chi connectivity index (χ1v) is 8.68. The van der Waals surface area contributed by atoms with E-state index in [1.807, 2.05) is 18.7 Å². The van der Waals surface area contributed by atoms with Crippen molar-refractivity contribution in [2.24, 2.45) is 10.9 Å². The molecule has 0 amide bonds. The fourth-order valence-electron chi connectivity index (χ4n) is 4.15. The highest BCUT2D eigenvalue weighted by Gasteiger charge is 2.57. The molecule has 2 saturated carbocycles. The second-order valence-electron chi connectivity index (χ2n) is 6.83. The molecule has 3 aliphatic rings. The fourth-order valence-corrected chi connectivity index (χ4v) is 4.15. The van der Waals surface area contributed by atoms with Gasteiger partial charge in [0.15, 0.2) is 0 Å². The molecule has 1 aromatic rings. The number of halogens is 1. The Bertz CT molecular complexity index is 533. The minimum absolute atomic E-state index is 0. The largest absolute Gasteiger partial charge is 0.374 e. The highest BCUT2D eigenvalue weighted by molar-refractivity contribution is 5.85. The van der Waals surface area contributed by atoms with Gasteiger partial charge in [0, 0.05) is 6.54 Å². The molecule has 0 bridgehead atoms. The summed E-state index contributed by atoms with van der Waals surface area (Å²) in [6.07, 6.45) is 6.30. The predicted molar refractivity (Wildman–Crippen MR) is 98.3 cm³/mol. The maximum atomic E-state index is 9.37. The average Bonchev–Trinajstić information content (AvgIpc) is 2.90. The minimum Gasteiger partial charge on any atom is -0.374 e. The van der Waals surface area contributed by atoms with Gasteiger partial charge in [0.1, 0.15) is 6.23 Å². The van der Waals surface area contributed by atoms with Crippen LogP contribution in [0.5, 0.6) is 0 Å². The Morgan fingerprint density at radius 3 is 2.57 bits per heavy atom. The fraction of sp³-hybridized carbons (Fsp3) is 0.632. The van der Waals surface area contributed by atoms with Gasteiger partial charge in [-0.3, -0.25) is 4.99 Å². The van der Waals surface area contributed by atoms with Crippen LogP contribution in [-0.4, -0.2) is 35.2 Å². The monoisotopic (exact) mass is 336 g/mol. The molecule has 1 aromatic carbocycles. The van der Waals surface area contributed by atoms with Crippen LogP contribution >= 0.6 is 12.4 Å².